The molecule has 104 valence electrons. The lowest BCUT2D eigenvalue weighted by Gasteiger charge is -2.41. The number of piperidine rings is 1. The second-order valence-electron chi connectivity index (χ2n) is 6.05. The van der Waals surface area contributed by atoms with E-state index in [0.29, 0.717) is 5.91 Å². The zero-order valence-corrected chi connectivity index (χ0v) is 12.0. The lowest BCUT2D eigenvalue weighted by molar-refractivity contribution is -0.144. The largest absolute Gasteiger partial charge is 0.342 e. The first-order valence-corrected chi connectivity index (χ1v) is 7.72. The van der Waals surface area contributed by atoms with E-state index in [-0.39, 0.29) is 5.41 Å². The van der Waals surface area contributed by atoms with Crippen LogP contribution in [0, 0.1) is 11.3 Å². The van der Waals surface area contributed by atoms with Crippen molar-refractivity contribution in [3.8, 4) is 0 Å². The predicted molar refractivity (Wildman–Crippen MR) is 74.4 cm³/mol. The van der Waals surface area contributed by atoms with Gasteiger partial charge in [-0.3, -0.25) is 4.79 Å². The van der Waals surface area contributed by atoms with Crippen LogP contribution in [0.4, 0.5) is 0 Å². The Morgan fingerprint density at radius 1 is 1.33 bits per heavy atom. The molecule has 2 fully saturated rings. The number of amides is 1. The summed E-state index contributed by atoms with van der Waals surface area (Å²) in [5.74, 6) is 1.19. The Bertz CT molecular complexity index is 280. The maximum atomic E-state index is 12.8. The Kier molecular flexibility index (Phi) is 4.66. The van der Waals surface area contributed by atoms with Gasteiger partial charge in [-0.25, -0.2) is 0 Å². The van der Waals surface area contributed by atoms with E-state index in [1.807, 2.05) is 0 Å². The van der Waals surface area contributed by atoms with Gasteiger partial charge in [0.25, 0.3) is 0 Å². The second-order valence-corrected chi connectivity index (χ2v) is 6.05. The van der Waals surface area contributed by atoms with Crippen LogP contribution in [0.2, 0.25) is 0 Å². The average Bonchev–Trinajstić information content (AvgIpc) is 2.38. The van der Waals surface area contributed by atoms with Gasteiger partial charge < -0.3 is 10.2 Å². The van der Waals surface area contributed by atoms with Crippen molar-refractivity contribution in [1.82, 2.24) is 10.2 Å². The SMILES string of the molecule is CCN(CC1CCC1)C(=O)C1(CC)CCCNC1. The van der Waals surface area contributed by atoms with Crippen LogP contribution in [0.1, 0.15) is 52.4 Å². The van der Waals surface area contributed by atoms with Crippen molar-refractivity contribution >= 4 is 5.91 Å². The fourth-order valence-corrected chi connectivity index (χ4v) is 3.28. The third kappa shape index (κ3) is 2.71. The molecule has 0 spiro atoms. The molecular weight excluding hydrogens is 224 g/mol. The summed E-state index contributed by atoms with van der Waals surface area (Å²) in [4.78, 5) is 15.0. The highest BCUT2D eigenvalue weighted by Gasteiger charge is 2.40. The first kappa shape index (κ1) is 13.9. The minimum Gasteiger partial charge on any atom is -0.342 e. The van der Waals surface area contributed by atoms with Gasteiger partial charge in [-0.1, -0.05) is 13.3 Å². The van der Waals surface area contributed by atoms with E-state index < -0.39 is 0 Å². The molecule has 0 aromatic carbocycles. The van der Waals surface area contributed by atoms with Crippen LogP contribution in [-0.4, -0.2) is 37.0 Å². The zero-order chi connectivity index (χ0) is 13.0. The topological polar surface area (TPSA) is 32.3 Å². The third-order valence-corrected chi connectivity index (χ3v) is 4.97. The van der Waals surface area contributed by atoms with Crippen LogP contribution in [0.5, 0.6) is 0 Å². The Morgan fingerprint density at radius 2 is 2.11 bits per heavy atom. The Labute approximate surface area is 111 Å². The molecule has 0 bridgehead atoms. The Morgan fingerprint density at radius 3 is 2.56 bits per heavy atom. The smallest absolute Gasteiger partial charge is 0.230 e. The van der Waals surface area contributed by atoms with Crippen molar-refractivity contribution in [2.24, 2.45) is 11.3 Å². The summed E-state index contributed by atoms with van der Waals surface area (Å²) in [5, 5.41) is 3.42. The number of carbonyl (C=O) groups excluding carboxylic acids is 1. The van der Waals surface area contributed by atoms with E-state index in [1.165, 1.54) is 19.3 Å². The second kappa shape index (κ2) is 6.05. The minimum atomic E-state index is -0.113. The molecule has 2 aliphatic rings. The highest BCUT2D eigenvalue weighted by atomic mass is 16.2. The first-order valence-electron chi connectivity index (χ1n) is 7.72. The summed E-state index contributed by atoms with van der Waals surface area (Å²) in [6, 6.07) is 0. The van der Waals surface area contributed by atoms with E-state index in [0.717, 1.165) is 51.4 Å². The van der Waals surface area contributed by atoms with E-state index in [9.17, 15) is 4.79 Å². The molecule has 1 saturated carbocycles. The highest BCUT2D eigenvalue weighted by Crippen LogP contribution is 2.34. The third-order valence-electron chi connectivity index (χ3n) is 4.97. The maximum absolute atomic E-state index is 12.8. The minimum absolute atomic E-state index is 0.113. The van der Waals surface area contributed by atoms with Crippen molar-refractivity contribution in [2.45, 2.75) is 52.4 Å². The normalized spacial score (nSPS) is 28.8. The van der Waals surface area contributed by atoms with E-state index >= 15 is 0 Å². The van der Waals surface area contributed by atoms with E-state index in [4.69, 9.17) is 0 Å². The van der Waals surface area contributed by atoms with Crippen molar-refractivity contribution in [1.29, 1.82) is 0 Å². The van der Waals surface area contributed by atoms with Crippen LogP contribution >= 0.6 is 0 Å². The van der Waals surface area contributed by atoms with Crippen molar-refractivity contribution in [3.05, 3.63) is 0 Å². The van der Waals surface area contributed by atoms with Crippen LogP contribution < -0.4 is 5.32 Å². The van der Waals surface area contributed by atoms with Crippen LogP contribution in [0.3, 0.4) is 0 Å². The fourth-order valence-electron chi connectivity index (χ4n) is 3.28. The molecule has 0 radical (unpaired) electrons. The first-order chi connectivity index (χ1) is 8.72. The highest BCUT2D eigenvalue weighted by molar-refractivity contribution is 5.83. The molecule has 1 aliphatic carbocycles. The van der Waals surface area contributed by atoms with Crippen molar-refractivity contribution in [3.63, 3.8) is 0 Å². The number of hydrogen-bond donors (Lipinski definition) is 1. The molecule has 1 amide bonds. The van der Waals surface area contributed by atoms with Gasteiger partial charge >= 0.3 is 0 Å². The summed E-state index contributed by atoms with van der Waals surface area (Å²) in [5.41, 5.74) is -0.113. The zero-order valence-electron chi connectivity index (χ0n) is 12.0. The van der Waals surface area contributed by atoms with Gasteiger partial charge in [-0.2, -0.15) is 0 Å². The summed E-state index contributed by atoms with van der Waals surface area (Å²) >= 11 is 0. The van der Waals surface area contributed by atoms with Gasteiger partial charge in [0.15, 0.2) is 0 Å². The van der Waals surface area contributed by atoms with Crippen molar-refractivity contribution in [2.75, 3.05) is 26.2 Å². The van der Waals surface area contributed by atoms with Crippen LogP contribution in [0.25, 0.3) is 0 Å². The summed E-state index contributed by atoms with van der Waals surface area (Å²) in [6.45, 7) is 8.11. The van der Waals surface area contributed by atoms with Gasteiger partial charge in [0.05, 0.1) is 5.41 Å². The summed E-state index contributed by atoms with van der Waals surface area (Å²) in [6.07, 6.45) is 7.18. The molecule has 3 nitrogen and oxygen atoms in total. The molecule has 1 aliphatic heterocycles. The van der Waals surface area contributed by atoms with E-state index in [1.54, 1.807) is 0 Å². The number of carbonyl (C=O) groups is 1. The average molecular weight is 252 g/mol. The molecule has 1 atom stereocenters. The molecule has 1 unspecified atom stereocenters. The molecule has 1 saturated heterocycles. The Hall–Kier alpha value is -0.570. The van der Waals surface area contributed by atoms with Gasteiger partial charge in [0.2, 0.25) is 5.91 Å². The summed E-state index contributed by atoms with van der Waals surface area (Å²) < 4.78 is 0. The molecule has 18 heavy (non-hydrogen) atoms. The quantitative estimate of drug-likeness (QED) is 0.815. The monoisotopic (exact) mass is 252 g/mol. The fraction of sp³-hybridized carbons (Fsp3) is 0.933. The maximum Gasteiger partial charge on any atom is 0.230 e. The number of nitrogens with zero attached hydrogens (tertiary/aromatic N) is 1. The number of rotatable bonds is 5. The Balaban J connectivity index is 2.00. The summed E-state index contributed by atoms with van der Waals surface area (Å²) in [7, 11) is 0. The molecule has 0 aromatic heterocycles. The van der Waals surface area contributed by atoms with Gasteiger partial charge in [0.1, 0.15) is 0 Å². The predicted octanol–water partition coefficient (Wildman–Crippen LogP) is 2.41. The van der Waals surface area contributed by atoms with Gasteiger partial charge in [0, 0.05) is 19.6 Å². The van der Waals surface area contributed by atoms with Crippen LogP contribution in [0.15, 0.2) is 0 Å². The van der Waals surface area contributed by atoms with Crippen molar-refractivity contribution < 1.29 is 4.79 Å². The lowest BCUT2D eigenvalue weighted by atomic mass is 9.76. The standard InChI is InChI=1S/C15H28N2O/c1-3-15(9-6-10-16-12-15)14(18)17(4-2)11-13-7-5-8-13/h13,16H,3-12H2,1-2H3. The molecular formula is C15H28N2O. The molecule has 1 heterocycles. The molecule has 0 aromatic rings. The molecule has 2 rings (SSSR count). The molecule has 1 N–H and O–H groups in total. The lowest BCUT2D eigenvalue weighted by Crippen LogP contribution is -2.52. The van der Waals surface area contributed by atoms with E-state index in [2.05, 4.69) is 24.1 Å². The van der Waals surface area contributed by atoms with Gasteiger partial charge in [-0.15, -0.1) is 0 Å². The number of hydrogen-bond acceptors (Lipinski definition) is 2. The van der Waals surface area contributed by atoms with Crippen LogP contribution in [-0.2, 0) is 4.79 Å². The van der Waals surface area contributed by atoms with Gasteiger partial charge in [-0.05, 0) is 51.5 Å². The molecule has 3 heteroatoms. The number of nitrogens with one attached hydrogen (secondary N) is 1.